The molecule has 3 aromatic carbocycles. The molecule has 1 aromatic heterocycles. The molecule has 0 N–H and O–H groups in total. The molecule has 1 saturated heterocycles. The van der Waals surface area contributed by atoms with Crippen LogP contribution < -0.4 is 10.3 Å². The van der Waals surface area contributed by atoms with Gasteiger partial charge in [-0.25, -0.2) is 4.98 Å². The molecule has 2 heterocycles. The third-order valence-electron chi connectivity index (χ3n) is 7.21. The SMILES string of the molecule is [B]N1CCC(CCCOc2ccc3nc(C)n(C(c4ccccc4)c4ccccc4)c(=O)c3c2)CC1. The van der Waals surface area contributed by atoms with Crippen molar-refractivity contribution in [1.82, 2.24) is 14.4 Å². The third-order valence-corrected chi connectivity index (χ3v) is 7.21. The molecule has 1 aliphatic heterocycles. The summed E-state index contributed by atoms with van der Waals surface area (Å²) in [5.74, 6) is 2.12. The number of nitrogens with zero attached hydrogens (tertiary/aromatic N) is 3. The second-order valence-corrected chi connectivity index (χ2v) is 9.71. The van der Waals surface area contributed by atoms with E-state index in [2.05, 4.69) is 24.3 Å². The Morgan fingerprint density at radius 1 is 0.972 bits per heavy atom. The van der Waals surface area contributed by atoms with Crippen molar-refractivity contribution in [3.05, 3.63) is 106 Å². The number of benzene rings is 3. The largest absolute Gasteiger partial charge is 0.494 e. The van der Waals surface area contributed by atoms with Crippen LogP contribution >= 0.6 is 0 Å². The van der Waals surface area contributed by atoms with Crippen molar-refractivity contribution < 1.29 is 4.74 Å². The van der Waals surface area contributed by atoms with Gasteiger partial charge in [-0.2, -0.15) is 0 Å². The molecule has 0 unspecified atom stereocenters. The first kappa shape index (κ1) is 24.3. The fraction of sp³-hybridized carbons (Fsp3) is 0.333. The minimum Gasteiger partial charge on any atom is -0.494 e. The highest BCUT2D eigenvalue weighted by Gasteiger charge is 2.21. The second-order valence-electron chi connectivity index (χ2n) is 9.71. The maximum absolute atomic E-state index is 13.9. The maximum Gasteiger partial charge on any atom is 0.262 e. The van der Waals surface area contributed by atoms with Gasteiger partial charge in [-0.15, -0.1) is 0 Å². The van der Waals surface area contributed by atoms with E-state index in [-0.39, 0.29) is 11.6 Å². The van der Waals surface area contributed by atoms with Crippen molar-refractivity contribution >= 4 is 18.9 Å². The summed E-state index contributed by atoms with van der Waals surface area (Å²) >= 11 is 0. The van der Waals surface area contributed by atoms with Crippen molar-refractivity contribution in [2.24, 2.45) is 5.92 Å². The summed E-state index contributed by atoms with van der Waals surface area (Å²) in [7, 11) is 5.87. The van der Waals surface area contributed by atoms with Crippen LogP contribution in [-0.4, -0.2) is 42.0 Å². The Morgan fingerprint density at radius 2 is 1.61 bits per heavy atom. The Balaban J connectivity index is 1.41. The lowest BCUT2D eigenvalue weighted by Crippen LogP contribution is -2.31. The Kier molecular flexibility index (Phi) is 7.52. The summed E-state index contributed by atoms with van der Waals surface area (Å²) in [4.78, 5) is 20.6. The molecule has 5 nitrogen and oxygen atoms in total. The normalized spacial score (nSPS) is 14.9. The van der Waals surface area contributed by atoms with Crippen molar-refractivity contribution in [3.63, 3.8) is 0 Å². The zero-order valence-electron chi connectivity index (χ0n) is 20.8. The van der Waals surface area contributed by atoms with Gasteiger partial charge < -0.3 is 9.55 Å². The van der Waals surface area contributed by atoms with E-state index in [0.717, 1.165) is 55.8 Å². The Bertz CT molecular complexity index is 1310. The van der Waals surface area contributed by atoms with Gasteiger partial charge >= 0.3 is 0 Å². The lowest BCUT2D eigenvalue weighted by molar-refractivity contribution is 0.242. The predicted octanol–water partition coefficient (Wildman–Crippen LogP) is 5.30. The zero-order valence-corrected chi connectivity index (χ0v) is 20.8. The Morgan fingerprint density at radius 3 is 2.25 bits per heavy atom. The van der Waals surface area contributed by atoms with Crippen molar-refractivity contribution in [3.8, 4) is 5.75 Å². The molecule has 6 heteroatoms. The molecule has 0 spiro atoms. The van der Waals surface area contributed by atoms with E-state index in [1.54, 1.807) is 4.57 Å². The first-order valence-electron chi connectivity index (χ1n) is 12.9. The van der Waals surface area contributed by atoms with Gasteiger partial charge in [0.05, 0.1) is 23.6 Å². The van der Waals surface area contributed by atoms with Crippen LogP contribution in [0.4, 0.5) is 0 Å². The van der Waals surface area contributed by atoms with E-state index in [1.807, 2.05) is 66.3 Å². The third kappa shape index (κ3) is 5.39. The van der Waals surface area contributed by atoms with E-state index >= 15 is 0 Å². The van der Waals surface area contributed by atoms with Crippen molar-refractivity contribution in [2.75, 3.05) is 19.7 Å². The van der Waals surface area contributed by atoms with Gasteiger partial charge in [-0.3, -0.25) is 9.36 Å². The van der Waals surface area contributed by atoms with Crippen LogP contribution in [0.1, 0.15) is 48.7 Å². The van der Waals surface area contributed by atoms with Crippen LogP contribution in [0.2, 0.25) is 0 Å². The molecule has 0 atom stereocenters. The number of hydrogen-bond acceptors (Lipinski definition) is 4. The predicted molar refractivity (Wildman–Crippen MR) is 146 cm³/mol. The average molecular weight is 477 g/mol. The number of piperidine rings is 1. The van der Waals surface area contributed by atoms with Crippen LogP contribution in [0.15, 0.2) is 83.7 Å². The minimum absolute atomic E-state index is 0.0609. The summed E-state index contributed by atoms with van der Waals surface area (Å²) in [6, 6.07) is 25.6. The van der Waals surface area contributed by atoms with Gasteiger partial charge in [-0.1, -0.05) is 60.7 Å². The van der Waals surface area contributed by atoms with Crippen LogP contribution in [0, 0.1) is 12.8 Å². The van der Waals surface area contributed by atoms with Crippen LogP contribution in [0.5, 0.6) is 5.75 Å². The van der Waals surface area contributed by atoms with Crippen LogP contribution in [0.3, 0.4) is 0 Å². The monoisotopic (exact) mass is 477 g/mol. The van der Waals surface area contributed by atoms with E-state index in [1.165, 1.54) is 0 Å². The first-order chi connectivity index (χ1) is 17.6. The van der Waals surface area contributed by atoms with Gasteiger partial charge in [0.2, 0.25) is 0 Å². The average Bonchev–Trinajstić information content (AvgIpc) is 2.91. The summed E-state index contributed by atoms with van der Waals surface area (Å²) in [5.41, 5.74) is 2.72. The summed E-state index contributed by atoms with van der Waals surface area (Å²) in [6.45, 7) is 4.49. The number of ether oxygens (including phenoxy) is 1. The number of hydrogen-bond donors (Lipinski definition) is 0. The molecule has 5 rings (SSSR count). The quantitative estimate of drug-likeness (QED) is 0.255. The fourth-order valence-electron chi connectivity index (χ4n) is 5.25. The number of aryl methyl sites for hydroxylation is 1. The molecule has 1 aliphatic rings. The maximum atomic E-state index is 13.9. The molecule has 2 radical (unpaired) electrons. The molecule has 0 amide bonds. The lowest BCUT2D eigenvalue weighted by Gasteiger charge is -2.29. The molecule has 0 saturated carbocycles. The van der Waals surface area contributed by atoms with Gasteiger partial charge in [0, 0.05) is 0 Å². The molecular weight excluding hydrogens is 445 g/mol. The van der Waals surface area contributed by atoms with Crippen LogP contribution in [-0.2, 0) is 0 Å². The Labute approximate surface area is 214 Å². The van der Waals surface area contributed by atoms with E-state index < -0.39 is 0 Å². The van der Waals surface area contributed by atoms with E-state index in [0.29, 0.717) is 29.1 Å². The van der Waals surface area contributed by atoms with Crippen molar-refractivity contribution in [1.29, 1.82) is 0 Å². The summed E-state index contributed by atoms with van der Waals surface area (Å²) in [6.07, 6.45) is 4.45. The number of fused-ring (bicyclic) bond motifs is 1. The highest BCUT2D eigenvalue weighted by molar-refractivity contribution is 6.04. The highest BCUT2D eigenvalue weighted by Crippen LogP contribution is 2.28. The standard InChI is InChI=1S/C30H32BN3O2/c1-22-32-28-15-14-26(36-20-8-9-23-16-18-33(31)19-17-23)21-27(28)30(35)34(22)29(24-10-4-2-5-11-24)25-12-6-3-7-13-25/h2-7,10-15,21,23,29H,8-9,16-20H2,1H3. The molecule has 0 bridgehead atoms. The van der Waals surface area contributed by atoms with Gasteiger partial charge in [-0.05, 0) is 80.9 Å². The van der Waals surface area contributed by atoms with Crippen molar-refractivity contribution in [2.45, 2.75) is 38.6 Å². The Hall–Kier alpha value is -3.38. The first-order valence-corrected chi connectivity index (χ1v) is 12.9. The number of aromatic nitrogens is 2. The van der Waals surface area contributed by atoms with E-state index in [9.17, 15) is 4.79 Å². The fourth-order valence-corrected chi connectivity index (χ4v) is 5.25. The van der Waals surface area contributed by atoms with Crippen LogP contribution in [0.25, 0.3) is 10.9 Å². The number of rotatable bonds is 8. The molecule has 36 heavy (non-hydrogen) atoms. The van der Waals surface area contributed by atoms with Gasteiger partial charge in [0.1, 0.15) is 11.6 Å². The topological polar surface area (TPSA) is 47.4 Å². The van der Waals surface area contributed by atoms with Gasteiger partial charge in [0.15, 0.2) is 7.98 Å². The van der Waals surface area contributed by atoms with Gasteiger partial charge in [0.25, 0.3) is 5.56 Å². The lowest BCUT2D eigenvalue weighted by atomic mass is 9.91. The van der Waals surface area contributed by atoms with E-state index in [4.69, 9.17) is 17.7 Å². The molecule has 4 aromatic rings. The zero-order chi connectivity index (χ0) is 24.9. The second kappa shape index (κ2) is 11.1. The highest BCUT2D eigenvalue weighted by atomic mass is 16.5. The molecule has 0 aliphatic carbocycles. The molecule has 1 fully saturated rings. The smallest absolute Gasteiger partial charge is 0.262 e. The molecule has 182 valence electrons. The summed E-state index contributed by atoms with van der Waals surface area (Å²) < 4.78 is 7.88. The summed E-state index contributed by atoms with van der Waals surface area (Å²) in [5, 5.41) is 0.574. The molecular formula is C30H32BN3O2. The minimum atomic E-state index is -0.263.